The summed E-state index contributed by atoms with van der Waals surface area (Å²) in [5, 5.41) is 6.03. The number of hydrogen-bond donors (Lipinski definition) is 4. The molecule has 224 valence electrons. The van der Waals surface area contributed by atoms with E-state index in [1.54, 1.807) is 24.3 Å². The van der Waals surface area contributed by atoms with Crippen LogP contribution in [-0.4, -0.2) is 25.0 Å². The van der Waals surface area contributed by atoms with Crippen LogP contribution >= 0.6 is 0 Å². The summed E-state index contributed by atoms with van der Waals surface area (Å²) in [6, 6.07) is 26.2. The van der Waals surface area contributed by atoms with Gasteiger partial charge in [-0.1, -0.05) is 36.4 Å². The van der Waals surface area contributed by atoms with Gasteiger partial charge in [-0.05, 0) is 123 Å². The smallest absolute Gasteiger partial charge is 0.255 e. The van der Waals surface area contributed by atoms with Crippen LogP contribution in [0.15, 0.2) is 84.9 Å². The lowest BCUT2D eigenvalue weighted by atomic mass is 10.0. The fourth-order valence-electron chi connectivity index (χ4n) is 4.96. The summed E-state index contributed by atoms with van der Waals surface area (Å²) in [5.41, 5.74) is 20.8. The molecule has 6 N–H and O–H groups in total. The van der Waals surface area contributed by atoms with Crippen LogP contribution in [0, 0.1) is 13.8 Å². The van der Waals surface area contributed by atoms with Gasteiger partial charge in [0.05, 0.1) is 0 Å². The van der Waals surface area contributed by atoms with Crippen LogP contribution in [0.4, 0.5) is 22.7 Å². The lowest BCUT2D eigenvalue weighted by Crippen LogP contribution is -2.13. The number of carbonyl (C=O) groups is 2. The zero-order valence-electron chi connectivity index (χ0n) is 25.1. The summed E-state index contributed by atoms with van der Waals surface area (Å²) in [6.45, 7) is 5.27. The number of carbonyl (C=O) groups excluding carboxylic acids is 2. The molecule has 0 aliphatic heterocycles. The predicted octanol–water partition coefficient (Wildman–Crippen LogP) is 7.33. The Bertz CT molecular complexity index is 1410. The molecule has 0 aliphatic carbocycles. The van der Waals surface area contributed by atoms with Gasteiger partial charge in [0.25, 0.3) is 11.8 Å². The average Bonchev–Trinajstić information content (AvgIpc) is 3.01. The number of rotatable bonds is 14. The Morgan fingerprint density at radius 2 is 1.00 bits per heavy atom. The van der Waals surface area contributed by atoms with Crippen molar-refractivity contribution in [1.82, 2.24) is 0 Å². The Morgan fingerprint density at radius 3 is 1.40 bits per heavy atom. The monoisotopic (exact) mass is 578 g/mol. The molecule has 4 aromatic carbocycles. The molecule has 0 saturated heterocycles. The number of nitrogens with one attached hydrogen (secondary N) is 2. The molecule has 2 amide bonds. The topological polar surface area (TPSA) is 119 Å². The summed E-state index contributed by atoms with van der Waals surface area (Å²) < 4.78 is 5.88. The van der Waals surface area contributed by atoms with Gasteiger partial charge in [0, 0.05) is 47.1 Å². The molecule has 0 fully saturated rings. The largest absolute Gasteiger partial charge is 0.398 e. The molecule has 0 atom stereocenters. The lowest BCUT2D eigenvalue weighted by Gasteiger charge is -2.14. The first-order valence-corrected chi connectivity index (χ1v) is 14.9. The zero-order chi connectivity index (χ0) is 30.6. The van der Waals surface area contributed by atoms with Gasteiger partial charge < -0.3 is 26.8 Å². The van der Waals surface area contributed by atoms with E-state index in [0.717, 1.165) is 83.5 Å². The summed E-state index contributed by atoms with van der Waals surface area (Å²) in [6.07, 6.45) is 5.37. The maximum atomic E-state index is 12.6. The molecule has 4 aromatic rings. The van der Waals surface area contributed by atoms with Gasteiger partial charge in [-0.3, -0.25) is 9.59 Å². The third-order valence-corrected chi connectivity index (χ3v) is 7.51. The van der Waals surface area contributed by atoms with Crippen LogP contribution in [0.25, 0.3) is 0 Å². The molecular formula is C36H42N4O3. The molecule has 43 heavy (non-hydrogen) atoms. The minimum atomic E-state index is -0.131. The van der Waals surface area contributed by atoms with Gasteiger partial charge in [0.1, 0.15) is 0 Å². The molecule has 0 aliphatic rings. The van der Waals surface area contributed by atoms with Gasteiger partial charge in [-0.2, -0.15) is 0 Å². The SMILES string of the molecule is Cc1cc(N)c(CCCCOCCCCc2cc(NC(=O)c3ccccc3)c(C)cc2N)cc1NC(=O)c1ccccc1. The maximum Gasteiger partial charge on any atom is 0.255 e. The fraction of sp³-hybridized carbons (Fsp3) is 0.278. The highest BCUT2D eigenvalue weighted by atomic mass is 16.5. The van der Waals surface area contributed by atoms with Crippen LogP contribution in [-0.2, 0) is 17.6 Å². The number of aryl methyl sites for hydroxylation is 4. The van der Waals surface area contributed by atoms with Gasteiger partial charge >= 0.3 is 0 Å². The van der Waals surface area contributed by atoms with Gasteiger partial charge in [-0.25, -0.2) is 0 Å². The van der Waals surface area contributed by atoms with Gasteiger partial charge in [-0.15, -0.1) is 0 Å². The van der Waals surface area contributed by atoms with Crippen molar-refractivity contribution in [3.63, 3.8) is 0 Å². The van der Waals surface area contributed by atoms with E-state index in [2.05, 4.69) is 10.6 Å². The number of amides is 2. The predicted molar refractivity (Wildman–Crippen MR) is 177 cm³/mol. The van der Waals surface area contributed by atoms with Crippen LogP contribution in [0.1, 0.15) is 68.7 Å². The number of nitrogens with two attached hydrogens (primary N) is 2. The Labute approximate surface area is 254 Å². The second-order valence-electron chi connectivity index (χ2n) is 10.9. The van der Waals surface area contributed by atoms with E-state index in [1.807, 2.05) is 74.5 Å². The van der Waals surface area contributed by atoms with Crippen molar-refractivity contribution in [3.05, 3.63) is 118 Å². The molecule has 0 saturated carbocycles. The molecule has 7 nitrogen and oxygen atoms in total. The third kappa shape index (κ3) is 9.18. The van der Waals surface area contributed by atoms with Crippen molar-refractivity contribution in [1.29, 1.82) is 0 Å². The first-order valence-electron chi connectivity index (χ1n) is 14.9. The minimum absolute atomic E-state index is 0.131. The number of anilines is 4. The molecular weight excluding hydrogens is 536 g/mol. The van der Waals surface area contributed by atoms with Crippen LogP contribution in [0.3, 0.4) is 0 Å². The summed E-state index contributed by atoms with van der Waals surface area (Å²) in [4.78, 5) is 25.2. The van der Waals surface area contributed by atoms with Crippen molar-refractivity contribution >= 4 is 34.6 Å². The highest BCUT2D eigenvalue weighted by molar-refractivity contribution is 6.05. The number of unbranched alkanes of at least 4 members (excludes halogenated alkanes) is 2. The molecule has 4 rings (SSSR count). The Hall–Kier alpha value is -4.62. The van der Waals surface area contributed by atoms with Crippen LogP contribution < -0.4 is 22.1 Å². The Kier molecular flexibility index (Phi) is 11.3. The van der Waals surface area contributed by atoms with Crippen LogP contribution in [0.2, 0.25) is 0 Å². The van der Waals surface area contributed by atoms with E-state index in [1.165, 1.54) is 0 Å². The number of hydrogen-bond acceptors (Lipinski definition) is 5. The van der Waals surface area contributed by atoms with E-state index >= 15 is 0 Å². The first kappa shape index (κ1) is 31.3. The van der Waals surface area contributed by atoms with Gasteiger partial charge in [0.2, 0.25) is 0 Å². The van der Waals surface area contributed by atoms with Crippen molar-refractivity contribution in [2.75, 3.05) is 35.3 Å². The number of nitrogen functional groups attached to an aromatic ring is 2. The van der Waals surface area contributed by atoms with Crippen LogP contribution in [0.5, 0.6) is 0 Å². The molecule has 0 heterocycles. The normalized spacial score (nSPS) is 10.8. The first-order chi connectivity index (χ1) is 20.8. The summed E-state index contributed by atoms with van der Waals surface area (Å²) in [5.74, 6) is -0.263. The lowest BCUT2D eigenvalue weighted by molar-refractivity contribution is 0.101. The van der Waals surface area contributed by atoms with E-state index < -0.39 is 0 Å². The second kappa shape index (κ2) is 15.6. The van der Waals surface area contributed by atoms with E-state index in [-0.39, 0.29) is 11.8 Å². The molecule has 0 bridgehead atoms. The fourth-order valence-corrected chi connectivity index (χ4v) is 4.96. The maximum absolute atomic E-state index is 12.6. The highest BCUT2D eigenvalue weighted by Crippen LogP contribution is 2.26. The number of ether oxygens (including phenoxy) is 1. The molecule has 0 aromatic heterocycles. The summed E-state index contributed by atoms with van der Waals surface area (Å²) >= 11 is 0. The van der Waals surface area contributed by atoms with Crippen molar-refractivity contribution < 1.29 is 14.3 Å². The second-order valence-corrected chi connectivity index (χ2v) is 10.9. The standard InChI is InChI=1S/C36H42N4O3/c1-25-21-31(37)29(23-33(25)39-35(41)27-13-5-3-6-14-27)17-9-11-19-43-20-12-10-18-30-24-34(26(2)22-32(30)38)40-36(42)28-15-7-4-8-16-28/h3-8,13-16,21-24H,9-12,17-20,37-38H2,1-2H3,(H,39,41)(H,40,42). The summed E-state index contributed by atoms with van der Waals surface area (Å²) in [7, 11) is 0. The quantitative estimate of drug-likeness (QED) is 0.0922. The Balaban J connectivity index is 1.16. The van der Waals surface area contributed by atoms with Crippen molar-refractivity contribution in [2.45, 2.75) is 52.4 Å². The minimum Gasteiger partial charge on any atom is -0.398 e. The molecule has 0 radical (unpaired) electrons. The van der Waals surface area contributed by atoms with E-state index in [9.17, 15) is 9.59 Å². The average molecular weight is 579 g/mol. The third-order valence-electron chi connectivity index (χ3n) is 7.51. The van der Waals surface area contributed by atoms with Crippen molar-refractivity contribution in [3.8, 4) is 0 Å². The van der Waals surface area contributed by atoms with Gasteiger partial charge in [0.15, 0.2) is 0 Å². The van der Waals surface area contributed by atoms with Crippen molar-refractivity contribution in [2.24, 2.45) is 0 Å². The number of benzene rings is 4. The highest BCUT2D eigenvalue weighted by Gasteiger charge is 2.12. The Morgan fingerprint density at radius 1 is 0.605 bits per heavy atom. The van der Waals surface area contributed by atoms with E-state index in [4.69, 9.17) is 16.2 Å². The molecule has 0 unspecified atom stereocenters. The van der Waals surface area contributed by atoms with E-state index in [0.29, 0.717) is 24.3 Å². The molecule has 0 spiro atoms. The zero-order valence-corrected chi connectivity index (χ0v) is 25.1. The molecule has 7 heteroatoms.